The molecule has 0 aliphatic rings. The van der Waals surface area contributed by atoms with Crippen LogP contribution >= 0.6 is 46.3 Å². The fourth-order valence-electron chi connectivity index (χ4n) is 2.25. The number of benzene rings is 2. The minimum atomic E-state index is -0.247. The summed E-state index contributed by atoms with van der Waals surface area (Å²) in [4.78, 5) is 28.2. The first-order valence-electron chi connectivity index (χ1n) is 8.14. The van der Waals surface area contributed by atoms with E-state index in [-0.39, 0.29) is 17.6 Å². The summed E-state index contributed by atoms with van der Waals surface area (Å²) in [5.74, 6) is 0.517. The van der Waals surface area contributed by atoms with Crippen molar-refractivity contribution in [2.24, 2.45) is 0 Å². The van der Waals surface area contributed by atoms with Crippen molar-refractivity contribution in [1.29, 1.82) is 0 Å². The molecule has 0 fully saturated rings. The summed E-state index contributed by atoms with van der Waals surface area (Å²) in [5.41, 5.74) is 2.04. The Hall–Kier alpha value is -2.06. The van der Waals surface area contributed by atoms with Crippen molar-refractivity contribution < 1.29 is 9.59 Å². The zero-order valence-electron chi connectivity index (χ0n) is 14.4. The van der Waals surface area contributed by atoms with Gasteiger partial charge in [0.15, 0.2) is 5.13 Å². The van der Waals surface area contributed by atoms with Crippen LogP contribution in [0.4, 0.5) is 10.8 Å². The van der Waals surface area contributed by atoms with Crippen molar-refractivity contribution in [3.05, 3.63) is 75.2 Å². The van der Waals surface area contributed by atoms with Gasteiger partial charge in [0.1, 0.15) is 0 Å². The predicted octanol–water partition coefficient (Wildman–Crippen LogP) is 5.57. The summed E-state index contributed by atoms with van der Waals surface area (Å²) in [6.45, 7) is 0. The summed E-state index contributed by atoms with van der Waals surface area (Å²) in [6, 6.07) is 12.0. The van der Waals surface area contributed by atoms with Crippen molar-refractivity contribution in [1.82, 2.24) is 4.98 Å². The van der Waals surface area contributed by atoms with E-state index in [9.17, 15) is 9.59 Å². The number of rotatable bonds is 7. The summed E-state index contributed by atoms with van der Waals surface area (Å²) < 4.78 is 0. The molecule has 0 aliphatic heterocycles. The molecule has 0 unspecified atom stereocenters. The van der Waals surface area contributed by atoms with Gasteiger partial charge in [-0.25, -0.2) is 4.98 Å². The van der Waals surface area contributed by atoms with Gasteiger partial charge in [-0.05, 0) is 42.0 Å². The van der Waals surface area contributed by atoms with E-state index in [1.807, 2.05) is 6.07 Å². The number of thiazole rings is 1. The zero-order valence-corrected chi connectivity index (χ0v) is 17.6. The lowest BCUT2D eigenvalue weighted by Gasteiger charge is -2.07. The molecule has 2 aromatic carbocycles. The Morgan fingerprint density at radius 1 is 1.07 bits per heavy atom. The van der Waals surface area contributed by atoms with Crippen LogP contribution < -0.4 is 10.6 Å². The Morgan fingerprint density at radius 3 is 2.54 bits per heavy atom. The molecule has 0 spiro atoms. The molecule has 3 aromatic rings. The average molecular weight is 452 g/mol. The van der Waals surface area contributed by atoms with Gasteiger partial charge in [-0.3, -0.25) is 14.9 Å². The highest BCUT2D eigenvalue weighted by molar-refractivity contribution is 7.99. The van der Waals surface area contributed by atoms with Gasteiger partial charge < -0.3 is 5.32 Å². The molecule has 3 rings (SSSR count). The third-order valence-corrected chi connectivity index (χ3v) is 5.85. The van der Waals surface area contributed by atoms with Crippen molar-refractivity contribution in [3.8, 4) is 0 Å². The molecule has 0 radical (unpaired) electrons. The normalized spacial score (nSPS) is 10.5. The highest BCUT2D eigenvalue weighted by atomic mass is 35.5. The second-order valence-electron chi connectivity index (χ2n) is 5.65. The number of nitrogens with one attached hydrogen (secondary N) is 2. The predicted molar refractivity (Wildman–Crippen MR) is 118 cm³/mol. The molecule has 0 saturated heterocycles. The number of amides is 2. The highest BCUT2D eigenvalue weighted by Crippen LogP contribution is 2.24. The van der Waals surface area contributed by atoms with Crippen molar-refractivity contribution in [3.63, 3.8) is 0 Å². The molecule has 9 heteroatoms. The molecular formula is C19H15Cl2N3O2S2. The second-order valence-corrected chi connectivity index (χ2v) is 8.37. The molecule has 144 valence electrons. The number of carbonyl (C=O) groups is 2. The summed E-state index contributed by atoms with van der Waals surface area (Å²) in [7, 11) is 0. The Balaban J connectivity index is 1.46. The Bertz CT molecular complexity index is 964. The van der Waals surface area contributed by atoms with Gasteiger partial charge in [-0.15, -0.1) is 23.1 Å². The van der Waals surface area contributed by atoms with E-state index in [1.54, 1.807) is 48.0 Å². The Kier molecular flexibility index (Phi) is 7.33. The van der Waals surface area contributed by atoms with E-state index < -0.39 is 0 Å². The lowest BCUT2D eigenvalue weighted by atomic mass is 10.2. The van der Waals surface area contributed by atoms with Crippen LogP contribution in [0.5, 0.6) is 0 Å². The number of carbonyl (C=O) groups excluding carboxylic acids is 2. The Morgan fingerprint density at radius 2 is 1.86 bits per heavy atom. The molecule has 2 amide bonds. The highest BCUT2D eigenvalue weighted by Gasteiger charge is 2.09. The molecule has 0 aliphatic carbocycles. The largest absolute Gasteiger partial charge is 0.325 e. The maximum absolute atomic E-state index is 12.1. The molecule has 1 heterocycles. The van der Waals surface area contributed by atoms with Gasteiger partial charge in [0.2, 0.25) is 5.91 Å². The fourth-order valence-corrected chi connectivity index (χ4v) is 4.16. The number of aromatic nitrogens is 1. The van der Waals surface area contributed by atoms with E-state index in [4.69, 9.17) is 23.2 Å². The maximum Gasteiger partial charge on any atom is 0.257 e. The average Bonchev–Trinajstić information content (AvgIpc) is 3.17. The lowest BCUT2D eigenvalue weighted by molar-refractivity contribution is -0.113. The number of hydrogen-bond donors (Lipinski definition) is 2. The first-order valence-corrected chi connectivity index (χ1v) is 10.9. The number of hydrogen-bond acceptors (Lipinski definition) is 5. The fraction of sp³-hybridized carbons (Fsp3) is 0.105. The molecule has 2 N–H and O–H groups in total. The molecule has 0 bridgehead atoms. The van der Waals surface area contributed by atoms with Gasteiger partial charge >= 0.3 is 0 Å². The molecule has 28 heavy (non-hydrogen) atoms. The van der Waals surface area contributed by atoms with Crippen LogP contribution in [0.3, 0.4) is 0 Å². The van der Waals surface area contributed by atoms with E-state index in [0.29, 0.717) is 32.2 Å². The number of thioether (sulfide) groups is 1. The van der Waals surface area contributed by atoms with Gasteiger partial charge in [0.05, 0.1) is 5.75 Å². The summed E-state index contributed by atoms with van der Waals surface area (Å²) in [6.07, 6.45) is 1.62. The third-order valence-electron chi connectivity index (χ3n) is 3.59. The topological polar surface area (TPSA) is 71.1 Å². The first-order chi connectivity index (χ1) is 13.5. The van der Waals surface area contributed by atoms with Crippen molar-refractivity contribution >= 4 is 68.9 Å². The first kappa shape index (κ1) is 20.7. The van der Waals surface area contributed by atoms with Crippen molar-refractivity contribution in [2.75, 3.05) is 16.4 Å². The summed E-state index contributed by atoms with van der Waals surface area (Å²) in [5, 5.41) is 9.02. The van der Waals surface area contributed by atoms with Crippen LogP contribution in [0.1, 0.15) is 15.9 Å². The Labute approximate surface area is 180 Å². The number of halogens is 2. The molecular weight excluding hydrogens is 437 g/mol. The van der Waals surface area contributed by atoms with Gasteiger partial charge in [-0.1, -0.05) is 29.3 Å². The standard InChI is InChI=1S/C19H15Cl2N3O2S2/c20-14-4-1-13(16(21)9-14)10-27-11-17(25)23-15-5-2-12(3-6-15)18(26)24-19-22-7-8-28-19/h1-9H,10-11H2,(H,23,25)(H,22,24,26). The van der Waals surface area contributed by atoms with Crippen LogP contribution in [0, 0.1) is 0 Å². The van der Waals surface area contributed by atoms with Gasteiger partial charge in [-0.2, -0.15) is 0 Å². The van der Waals surface area contributed by atoms with E-state index >= 15 is 0 Å². The molecule has 5 nitrogen and oxygen atoms in total. The minimum absolute atomic E-state index is 0.130. The van der Waals surface area contributed by atoms with E-state index in [0.717, 1.165) is 5.56 Å². The van der Waals surface area contributed by atoms with Crippen LogP contribution in [-0.2, 0) is 10.5 Å². The smallest absolute Gasteiger partial charge is 0.257 e. The lowest BCUT2D eigenvalue weighted by Crippen LogP contribution is -2.15. The van der Waals surface area contributed by atoms with E-state index in [1.165, 1.54) is 23.1 Å². The SMILES string of the molecule is O=C(CSCc1ccc(Cl)cc1Cl)Nc1ccc(C(=O)Nc2nccs2)cc1. The van der Waals surface area contributed by atoms with Crippen molar-refractivity contribution in [2.45, 2.75) is 5.75 Å². The quantitative estimate of drug-likeness (QED) is 0.492. The molecule has 1 aromatic heterocycles. The van der Waals surface area contributed by atoms with Gasteiger partial charge in [0, 0.05) is 38.6 Å². The summed E-state index contributed by atoms with van der Waals surface area (Å²) >= 11 is 14.8. The van der Waals surface area contributed by atoms with Crippen LogP contribution in [0.15, 0.2) is 54.0 Å². The number of anilines is 2. The van der Waals surface area contributed by atoms with Crippen LogP contribution in [-0.4, -0.2) is 22.6 Å². The van der Waals surface area contributed by atoms with Crippen LogP contribution in [0.25, 0.3) is 0 Å². The number of nitrogens with zero attached hydrogens (tertiary/aromatic N) is 1. The zero-order chi connectivity index (χ0) is 19.9. The molecule has 0 atom stereocenters. The second kappa shape index (κ2) is 9.93. The van der Waals surface area contributed by atoms with E-state index in [2.05, 4.69) is 15.6 Å². The monoisotopic (exact) mass is 451 g/mol. The van der Waals surface area contributed by atoms with Crippen LogP contribution in [0.2, 0.25) is 10.0 Å². The maximum atomic E-state index is 12.1. The third kappa shape index (κ3) is 5.97. The minimum Gasteiger partial charge on any atom is -0.325 e. The molecule has 0 saturated carbocycles. The van der Waals surface area contributed by atoms with Gasteiger partial charge in [0.25, 0.3) is 5.91 Å².